The number of aromatic nitrogens is 4. The van der Waals surface area contributed by atoms with Gasteiger partial charge in [-0.05, 0) is 29.8 Å². The van der Waals surface area contributed by atoms with Crippen molar-refractivity contribution in [3.63, 3.8) is 0 Å². The third-order valence-corrected chi connectivity index (χ3v) is 4.23. The minimum absolute atomic E-state index is 0.136. The monoisotopic (exact) mass is 404 g/mol. The van der Waals surface area contributed by atoms with E-state index in [4.69, 9.17) is 4.52 Å². The zero-order valence-electron chi connectivity index (χ0n) is 15.6. The van der Waals surface area contributed by atoms with Gasteiger partial charge in [0.1, 0.15) is 18.9 Å². The van der Waals surface area contributed by atoms with Gasteiger partial charge in [-0.2, -0.15) is 10.1 Å². The summed E-state index contributed by atoms with van der Waals surface area (Å²) in [4.78, 5) is 26.6. The van der Waals surface area contributed by atoms with E-state index in [1.807, 2.05) is 30.3 Å². The van der Waals surface area contributed by atoms with Crippen LogP contribution in [0.2, 0.25) is 0 Å². The van der Waals surface area contributed by atoms with E-state index in [0.717, 1.165) is 17.3 Å². The third-order valence-electron chi connectivity index (χ3n) is 4.23. The van der Waals surface area contributed by atoms with Gasteiger partial charge in [0.05, 0.1) is 11.3 Å². The number of nitro groups is 1. The summed E-state index contributed by atoms with van der Waals surface area (Å²) >= 11 is 0. The van der Waals surface area contributed by atoms with Crippen LogP contribution < -0.4 is 5.32 Å². The number of carbonyl (C=O) groups is 1. The molecule has 150 valence electrons. The Hall–Kier alpha value is -4.34. The second-order valence-corrected chi connectivity index (χ2v) is 6.45. The van der Waals surface area contributed by atoms with Crippen molar-refractivity contribution in [2.45, 2.75) is 13.0 Å². The van der Waals surface area contributed by atoms with Gasteiger partial charge in [0.15, 0.2) is 0 Å². The highest BCUT2D eigenvalue weighted by Crippen LogP contribution is 2.20. The molecule has 10 heteroatoms. The highest BCUT2D eigenvalue weighted by Gasteiger charge is 2.12. The number of hydrogen-bond acceptors (Lipinski definition) is 7. The largest absolute Gasteiger partial charge is 0.339 e. The second-order valence-electron chi connectivity index (χ2n) is 6.45. The van der Waals surface area contributed by atoms with Crippen LogP contribution in [-0.2, 0) is 17.8 Å². The first-order valence-corrected chi connectivity index (χ1v) is 9.00. The molecule has 1 N–H and O–H groups in total. The Morgan fingerprint density at radius 2 is 1.90 bits per heavy atom. The number of anilines is 1. The molecule has 0 fully saturated rings. The van der Waals surface area contributed by atoms with E-state index >= 15 is 0 Å². The van der Waals surface area contributed by atoms with Crippen LogP contribution in [0.5, 0.6) is 0 Å². The van der Waals surface area contributed by atoms with Crippen LogP contribution >= 0.6 is 0 Å². The normalized spacial score (nSPS) is 10.7. The Labute approximate surface area is 170 Å². The van der Waals surface area contributed by atoms with Crippen LogP contribution in [0.3, 0.4) is 0 Å². The molecule has 10 nitrogen and oxygen atoms in total. The molecule has 30 heavy (non-hydrogen) atoms. The molecular weight excluding hydrogens is 388 g/mol. The number of carbonyl (C=O) groups excluding carboxylic acids is 1. The number of benzene rings is 2. The maximum Gasteiger partial charge on any atom is 0.307 e. The second kappa shape index (κ2) is 8.35. The number of nitrogens with one attached hydrogen (secondary N) is 1. The predicted octanol–water partition coefficient (Wildman–Crippen LogP) is 3.07. The molecule has 4 rings (SSSR count). The number of rotatable bonds is 7. The quantitative estimate of drug-likeness (QED) is 0.370. The van der Waals surface area contributed by atoms with Crippen molar-refractivity contribution in [3.05, 3.63) is 88.6 Å². The summed E-state index contributed by atoms with van der Waals surface area (Å²) in [7, 11) is 0. The van der Waals surface area contributed by atoms with E-state index in [2.05, 4.69) is 20.6 Å². The van der Waals surface area contributed by atoms with Crippen LogP contribution in [0, 0.1) is 10.1 Å². The molecule has 0 unspecified atom stereocenters. The van der Waals surface area contributed by atoms with E-state index in [-0.39, 0.29) is 18.1 Å². The van der Waals surface area contributed by atoms with E-state index in [0.29, 0.717) is 23.8 Å². The topological polar surface area (TPSA) is 129 Å². The molecule has 2 aromatic heterocycles. The van der Waals surface area contributed by atoms with Crippen molar-refractivity contribution in [2.24, 2.45) is 0 Å². The Kier molecular flexibility index (Phi) is 5.29. The van der Waals surface area contributed by atoms with Crippen molar-refractivity contribution < 1.29 is 14.2 Å². The molecule has 0 bridgehead atoms. The zero-order chi connectivity index (χ0) is 20.9. The molecule has 0 saturated carbocycles. The number of amides is 1. The van der Waals surface area contributed by atoms with Gasteiger partial charge in [0.2, 0.25) is 17.6 Å². The smallest absolute Gasteiger partial charge is 0.307 e. The van der Waals surface area contributed by atoms with E-state index < -0.39 is 4.92 Å². The summed E-state index contributed by atoms with van der Waals surface area (Å²) in [6.45, 7) is -0.136. The Balaban J connectivity index is 1.37. The number of nitrogens with zero attached hydrogens (tertiary/aromatic N) is 5. The first kappa shape index (κ1) is 19.0. The lowest BCUT2D eigenvalue weighted by molar-refractivity contribution is -0.385. The maximum absolute atomic E-state index is 12.1. The summed E-state index contributed by atoms with van der Waals surface area (Å²) in [5.74, 6) is 0.620. The van der Waals surface area contributed by atoms with Crippen molar-refractivity contribution in [1.29, 1.82) is 0 Å². The van der Waals surface area contributed by atoms with Crippen LogP contribution in [0.1, 0.15) is 11.5 Å². The van der Waals surface area contributed by atoms with Gasteiger partial charge in [-0.15, -0.1) is 0 Å². The van der Waals surface area contributed by atoms with E-state index in [9.17, 15) is 14.9 Å². The minimum atomic E-state index is -0.566. The lowest BCUT2D eigenvalue weighted by Gasteiger charge is -2.05. The summed E-state index contributed by atoms with van der Waals surface area (Å²) in [6, 6.07) is 16.8. The highest BCUT2D eigenvalue weighted by molar-refractivity contribution is 5.90. The predicted molar refractivity (Wildman–Crippen MR) is 106 cm³/mol. The Bertz CT molecular complexity index is 1170. The molecule has 0 aliphatic rings. The average molecular weight is 404 g/mol. The molecular formula is C20H16N6O4. The van der Waals surface area contributed by atoms with Crippen molar-refractivity contribution in [2.75, 3.05) is 5.32 Å². The van der Waals surface area contributed by atoms with Crippen LogP contribution in [-0.4, -0.2) is 30.8 Å². The van der Waals surface area contributed by atoms with Crippen molar-refractivity contribution >= 4 is 17.3 Å². The number of hydrogen-bond donors (Lipinski definition) is 1. The van der Waals surface area contributed by atoms with Crippen LogP contribution in [0.4, 0.5) is 11.4 Å². The summed E-state index contributed by atoms with van der Waals surface area (Å²) in [6.07, 6.45) is 2.85. The van der Waals surface area contributed by atoms with Gasteiger partial charge in [0.25, 0.3) is 0 Å². The van der Waals surface area contributed by atoms with Crippen LogP contribution in [0.15, 0.2) is 71.5 Å². The van der Waals surface area contributed by atoms with Gasteiger partial charge in [-0.3, -0.25) is 19.6 Å². The van der Waals surface area contributed by atoms with Gasteiger partial charge in [0, 0.05) is 11.3 Å². The third kappa shape index (κ3) is 4.55. The fourth-order valence-corrected chi connectivity index (χ4v) is 2.80. The molecule has 0 spiro atoms. The van der Waals surface area contributed by atoms with Crippen molar-refractivity contribution in [3.8, 4) is 11.4 Å². The fraction of sp³-hybridized carbons (Fsp3) is 0.100. The summed E-state index contributed by atoms with van der Waals surface area (Å²) < 4.78 is 6.52. The molecule has 0 aliphatic carbocycles. The lowest BCUT2D eigenvalue weighted by atomic mass is 10.1. The van der Waals surface area contributed by atoms with Gasteiger partial charge < -0.3 is 9.84 Å². The first-order valence-electron chi connectivity index (χ1n) is 9.00. The summed E-state index contributed by atoms with van der Waals surface area (Å²) in [5.41, 5.74) is 2.23. The van der Waals surface area contributed by atoms with Gasteiger partial charge in [-0.1, -0.05) is 35.5 Å². The molecule has 1 amide bonds. The Morgan fingerprint density at radius 1 is 1.13 bits per heavy atom. The molecule has 0 aliphatic heterocycles. The molecule has 0 atom stereocenters. The Morgan fingerprint density at radius 3 is 2.60 bits per heavy atom. The van der Waals surface area contributed by atoms with Crippen LogP contribution in [0.25, 0.3) is 11.4 Å². The molecule has 0 saturated heterocycles. The molecule has 4 aromatic rings. The summed E-state index contributed by atoms with van der Waals surface area (Å²) in [5, 5.41) is 21.2. The van der Waals surface area contributed by atoms with E-state index in [1.165, 1.54) is 10.9 Å². The zero-order valence-corrected chi connectivity index (χ0v) is 15.6. The SMILES string of the molecule is O=C(Cn1cc([N+](=O)[O-])cn1)Nc1ccc(-c2noc(Cc3ccccc3)n2)cc1. The maximum atomic E-state index is 12.1. The molecule has 2 heterocycles. The van der Waals surface area contributed by atoms with Crippen molar-refractivity contribution in [1.82, 2.24) is 19.9 Å². The fourth-order valence-electron chi connectivity index (χ4n) is 2.80. The standard InChI is InChI=1S/C20H16N6O4/c27-18(13-25-12-17(11-21-25)26(28)29)22-16-8-6-15(7-9-16)20-23-19(30-24-20)10-14-4-2-1-3-5-14/h1-9,11-12H,10,13H2,(H,22,27). The molecule has 2 aromatic carbocycles. The molecule has 0 radical (unpaired) electrons. The lowest BCUT2D eigenvalue weighted by Crippen LogP contribution is -2.18. The van der Waals surface area contributed by atoms with Gasteiger partial charge in [-0.25, -0.2) is 0 Å². The van der Waals surface area contributed by atoms with Gasteiger partial charge >= 0.3 is 5.69 Å². The highest BCUT2D eigenvalue weighted by atomic mass is 16.6. The van der Waals surface area contributed by atoms with E-state index in [1.54, 1.807) is 24.3 Å². The average Bonchev–Trinajstić information content (AvgIpc) is 3.39. The minimum Gasteiger partial charge on any atom is -0.339 e. The first-order chi connectivity index (χ1) is 14.6.